The van der Waals surface area contributed by atoms with Gasteiger partial charge in [-0.3, -0.25) is 19.4 Å². The molecule has 124 valence electrons. The molecule has 0 spiro atoms. The lowest BCUT2D eigenvalue weighted by Gasteiger charge is -2.09. The van der Waals surface area contributed by atoms with E-state index in [9.17, 15) is 9.59 Å². The summed E-state index contributed by atoms with van der Waals surface area (Å²) in [5, 5.41) is 10.8. The molecular weight excluding hydrogens is 306 g/mol. The van der Waals surface area contributed by atoms with Crippen LogP contribution in [0, 0.1) is 0 Å². The van der Waals surface area contributed by atoms with Crippen molar-refractivity contribution in [3.8, 4) is 0 Å². The third kappa shape index (κ3) is 3.87. The number of H-pyrrole nitrogens is 1. The molecule has 3 aromatic rings. The SMILES string of the molecule is C[C@@H](Cc1cn(CCn2[nH]c(=O)ccc2=O)nn1)c1ccccc1. The van der Waals surface area contributed by atoms with Crippen molar-refractivity contribution < 1.29 is 0 Å². The molecule has 0 saturated heterocycles. The molecule has 1 aromatic carbocycles. The molecule has 0 aliphatic heterocycles. The number of hydrogen-bond acceptors (Lipinski definition) is 4. The molecule has 0 radical (unpaired) electrons. The molecule has 1 N–H and O–H groups in total. The quantitative estimate of drug-likeness (QED) is 0.737. The zero-order chi connectivity index (χ0) is 16.9. The Kier molecular flexibility index (Phi) is 4.69. The molecule has 7 nitrogen and oxygen atoms in total. The van der Waals surface area contributed by atoms with Gasteiger partial charge in [0, 0.05) is 18.3 Å². The third-order valence-electron chi connectivity index (χ3n) is 3.91. The third-order valence-corrected chi connectivity index (χ3v) is 3.91. The summed E-state index contributed by atoms with van der Waals surface area (Å²) < 4.78 is 2.96. The van der Waals surface area contributed by atoms with E-state index in [1.807, 2.05) is 24.4 Å². The molecule has 2 heterocycles. The fraction of sp³-hybridized carbons (Fsp3) is 0.294. The molecular formula is C17H19N5O2. The second-order valence-electron chi connectivity index (χ2n) is 5.79. The zero-order valence-corrected chi connectivity index (χ0v) is 13.4. The molecule has 0 saturated carbocycles. The fourth-order valence-electron chi connectivity index (χ4n) is 2.59. The van der Waals surface area contributed by atoms with Crippen LogP contribution in [0.2, 0.25) is 0 Å². The van der Waals surface area contributed by atoms with Crippen molar-refractivity contribution in [1.82, 2.24) is 24.8 Å². The Labute approximate surface area is 138 Å². The van der Waals surface area contributed by atoms with Crippen LogP contribution in [0.15, 0.2) is 58.3 Å². The van der Waals surface area contributed by atoms with Gasteiger partial charge in [0.15, 0.2) is 0 Å². The number of nitrogens with zero attached hydrogens (tertiary/aromatic N) is 4. The maximum atomic E-state index is 11.6. The van der Waals surface area contributed by atoms with Crippen LogP contribution in [0.5, 0.6) is 0 Å². The Morgan fingerprint density at radius 2 is 1.88 bits per heavy atom. The fourth-order valence-corrected chi connectivity index (χ4v) is 2.59. The van der Waals surface area contributed by atoms with Gasteiger partial charge in [-0.2, -0.15) is 0 Å². The van der Waals surface area contributed by atoms with Crippen LogP contribution in [-0.4, -0.2) is 24.8 Å². The van der Waals surface area contributed by atoms with E-state index >= 15 is 0 Å². The van der Waals surface area contributed by atoms with Gasteiger partial charge < -0.3 is 0 Å². The van der Waals surface area contributed by atoms with E-state index in [4.69, 9.17) is 0 Å². The monoisotopic (exact) mass is 325 g/mol. The van der Waals surface area contributed by atoms with Gasteiger partial charge in [0.1, 0.15) is 0 Å². The Balaban J connectivity index is 1.62. The lowest BCUT2D eigenvalue weighted by molar-refractivity contribution is 0.470. The number of aryl methyl sites for hydroxylation is 2. The van der Waals surface area contributed by atoms with Crippen molar-refractivity contribution in [3.63, 3.8) is 0 Å². The first kappa shape index (κ1) is 15.9. The van der Waals surface area contributed by atoms with E-state index in [2.05, 4.69) is 34.5 Å². The highest BCUT2D eigenvalue weighted by Gasteiger charge is 2.09. The van der Waals surface area contributed by atoms with Crippen LogP contribution < -0.4 is 11.1 Å². The second kappa shape index (κ2) is 7.08. The average molecular weight is 325 g/mol. The molecule has 0 aliphatic rings. The molecule has 0 amide bonds. The molecule has 24 heavy (non-hydrogen) atoms. The van der Waals surface area contributed by atoms with Crippen molar-refractivity contribution in [2.24, 2.45) is 0 Å². The van der Waals surface area contributed by atoms with Crippen LogP contribution >= 0.6 is 0 Å². The highest BCUT2D eigenvalue weighted by Crippen LogP contribution is 2.18. The number of nitrogens with one attached hydrogen (secondary N) is 1. The highest BCUT2D eigenvalue weighted by atomic mass is 16.1. The predicted octanol–water partition coefficient (Wildman–Crippen LogP) is 1.17. The van der Waals surface area contributed by atoms with Gasteiger partial charge in [0.2, 0.25) is 0 Å². The Hall–Kier alpha value is -2.96. The van der Waals surface area contributed by atoms with Gasteiger partial charge in [-0.15, -0.1) is 5.10 Å². The van der Waals surface area contributed by atoms with Crippen molar-refractivity contribution in [2.45, 2.75) is 32.4 Å². The summed E-state index contributed by atoms with van der Waals surface area (Å²) in [6.45, 7) is 2.96. The van der Waals surface area contributed by atoms with Gasteiger partial charge >= 0.3 is 0 Å². The van der Waals surface area contributed by atoms with Crippen LogP contribution in [0.3, 0.4) is 0 Å². The number of hydrogen-bond donors (Lipinski definition) is 1. The molecule has 7 heteroatoms. The standard InChI is InChI=1S/C17H19N5O2/c1-13(14-5-3-2-4-6-14)11-15-12-21(20-18-15)9-10-22-17(24)8-7-16(23)19-22/h2-8,12-13H,9-11H2,1H3,(H,19,23)/t13-/m0/s1. The van der Waals surface area contributed by atoms with Crippen LogP contribution in [0.4, 0.5) is 0 Å². The molecule has 0 aliphatic carbocycles. The van der Waals surface area contributed by atoms with Gasteiger partial charge in [0.05, 0.1) is 18.8 Å². The van der Waals surface area contributed by atoms with Crippen molar-refractivity contribution >= 4 is 0 Å². The number of rotatable bonds is 6. The normalized spacial score (nSPS) is 12.2. The van der Waals surface area contributed by atoms with E-state index in [0.29, 0.717) is 19.0 Å². The van der Waals surface area contributed by atoms with Crippen LogP contribution in [0.25, 0.3) is 0 Å². The van der Waals surface area contributed by atoms with Gasteiger partial charge in [-0.05, 0) is 17.9 Å². The molecule has 0 unspecified atom stereocenters. The first-order valence-corrected chi connectivity index (χ1v) is 7.86. The minimum atomic E-state index is -0.300. The summed E-state index contributed by atoms with van der Waals surface area (Å²) in [7, 11) is 0. The van der Waals surface area contributed by atoms with E-state index in [1.165, 1.54) is 22.4 Å². The van der Waals surface area contributed by atoms with Crippen molar-refractivity contribution in [2.75, 3.05) is 0 Å². The van der Waals surface area contributed by atoms with E-state index in [1.54, 1.807) is 4.68 Å². The average Bonchev–Trinajstić information content (AvgIpc) is 3.04. The maximum Gasteiger partial charge on any atom is 0.265 e. The summed E-state index contributed by atoms with van der Waals surface area (Å²) in [5.74, 6) is 0.351. The summed E-state index contributed by atoms with van der Waals surface area (Å²) in [5.41, 5.74) is 1.62. The van der Waals surface area contributed by atoms with Crippen molar-refractivity contribution in [1.29, 1.82) is 0 Å². The molecule has 2 aromatic heterocycles. The van der Waals surface area contributed by atoms with Crippen LogP contribution in [-0.2, 0) is 19.5 Å². The van der Waals surface area contributed by atoms with E-state index in [0.717, 1.165) is 12.1 Å². The summed E-state index contributed by atoms with van der Waals surface area (Å²) in [6.07, 6.45) is 2.68. The minimum absolute atomic E-state index is 0.243. The lowest BCUT2D eigenvalue weighted by atomic mass is 9.97. The second-order valence-corrected chi connectivity index (χ2v) is 5.79. The van der Waals surface area contributed by atoms with Crippen molar-refractivity contribution in [3.05, 3.63) is 80.6 Å². The lowest BCUT2D eigenvalue weighted by Crippen LogP contribution is -2.29. The first-order chi connectivity index (χ1) is 11.6. The Morgan fingerprint density at radius 3 is 2.67 bits per heavy atom. The summed E-state index contributed by atoms with van der Waals surface area (Å²) >= 11 is 0. The predicted molar refractivity (Wildman–Crippen MR) is 89.9 cm³/mol. The van der Waals surface area contributed by atoms with E-state index in [-0.39, 0.29) is 11.1 Å². The zero-order valence-electron chi connectivity index (χ0n) is 13.4. The number of aromatic amines is 1. The van der Waals surface area contributed by atoms with Gasteiger partial charge in [-0.25, -0.2) is 4.68 Å². The molecule has 0 fully saturated rings. The molecule has 0 bridgehead atoms. The first-order valence-electron chi connectivity index (χ1n) is 7.86. The van der Waals surface area contributed by atoms with E-state index < -0.39 is 0 Å². The van der Waals surface area contributed by atoms with Crippen LogP contribution in [0.1, 0.15) is 24.1 Å². The Morgan fingerprint density at radius 1 is 1.08 bits per heavy atom. The number of benzene rings is 1. The minimum Gasteiger partial charge on any atom is -0.268 e. The summed E-state index contributed by atoms with van der Waals surface area (Å²) in [4.78, 5) is 22.9. The molecule has 3 rings (SSSR count). The van der Waals surface area contributed by atoms with Gasteiger partial charge in [0.25, 0.3) is 11.1 Å². The topological polar surface area (TPSA) is 85.6 Å². The maximum absolute atomic E-state index is 11.6. The summed E-state index contributed by atoms with van der Waals surface area (Å²) in [6, 6.07) is 12.7. The largest absolute Gasteiger partial charge is 0.268 e. The van der Waals surface area contributed by atoms with Gasteiger partial charge in [-0.1, -0.05) is 42.5 Å². The highest BCUT2D eigenvalue weighted by molar-refractivity contribution is 5.20. The molecule has 1 atom stereocenters. The Bertz CT molecular complexity index is 910. The smallest absolute Gasteiger partial charge is 0.265 e. The number of aromatic nitrogens is 5.